The molecule has 0 amide bonds. The summed E-state index contributed by atoms with van der Waals surface area (Å²) in [5.74, 6) is 1.48. The van der Waals surface area contributed by atoms with E-state index in [1.807, 2.05) is 0 Å². The molecule has 1 atom stereocenters. The fraction of sp³-hybridized carbons (Fsp3) is 0.273. The molecule has 0 saturated heterocycles. The molecule has 3 nitrogen and oxygen atoms in total. The van der Waals surface area contributed by atoms with Crippen molar-refractivity contribution < 1.29 is 14.6 Å². The quantitative estimate of drug-likeness (QED) is 0.724. The van der Waals surface area contributed by atoms with Crippen LogP contribution in [0.15, 0.2) is 36.9 Å². The number of aliphatic hydroxyl groups excluding tert-OH is 1. The second kappa shape index (κ2) is 5.29. The summed E-state index contributed by atoms with van der Waals surface area (Å²) in [6.07, 6.45) is 0.806. The summed E-state index contributed by atoms with van der Waals surface area (Å²) in [7, 11) is 1.61. The predicted molar refractivity (Wildman–Crippen MR) is 54.7 cm³/mol. The van der Waals surface area contributed by atoms with Gasteiger partial charge in [-0.05, 0) is 24.3 Å². The molecular weight excluding hydrogens is 180 g/mol. The Hall–Kier alpha value is -1.48. The van der Waals surface area contributed by atoms with Crippen LogP contribution in [0.3, 0.4) is 0 Å². The molecule has 0 aromatic heterocycles. The zero-order valence-electron chi connectivity index (χ0n) is 8.14. The minimum atomic E-state index is -0.628. The summed E-state index contributed by atoms with van der Waals surface area (Å²) in [5, 5.41) is 9.15. The number of rotatable bonds is 5. The zero-order chi connectivity index (χ0) is 10.4. The lowest BCUT2D eigenvalue weighted by atomic mass is 10.3. The van der Waals surface area contributed by atoms with Crippen LogP contribution in [0, 0.1) is 0 Å². The van der Waals surface area contributed by atoms with Crippen molar-refractivity contribution in [3.8, 4) is 11.5 Å². The van der Waals surface area contributed by atoms with Gasteiger partial charge in [0.25, 0.3) is 0 Å². The van der Waals surface area contributed by atoms with Crippen LogP contribution in [0.2, 0.25) is 0 Å². The molecule has 1 N–H and O–H groups in total. The van der Waals surface area contributed by atoms with Crippen molar-refractivity contribution >= 4 is 0 Å². The van der Waals surface area contributed by atoms with Gasteiger partial charge in [-0.2, -0.15) is 0 Å². The van der Waals surface area contributed by atoms with Gasteiger partial charge in [-0.3, -0.25) is 0 Å². The van der Waals surface area contributed by atoms with E-state index in [0.29, 0.717) is 5.75 Å². The van der Waals surface area contributed by atoms with Crippen LogP contribution in [0.1, 0.15) is 0 Å². The van der Waals surface area contributed by atoms with Gasteiger partial charge in [0, 0.05) is 0 Å². The molecule has 1 aromatic rings. The van der Waals surface area contributed by atoms with Crippen molar-refractivity contribution in [3.63, 3.8) is 0 Å². The summed E-state index contributed by atoms with van der Waals surface area (Å²) in [6, 6.07) is 7.18. The van der Waals surface area contributed by atoms with Gasteiger partial charge in [-0.25, -0.2) is 0 Å². The van der Waals surface area contributed by atoms with Crippen molar-refractivity contribution in [1.29, 1.82) is 0 Å². The second-order valence-electron chi connectivity index (χ2n) is 2.79. The van der Waals surface area contributed by atoms with Gasteiger partial charge in [0.2, 0.25) is 0 Å². The molecule has 1 aromatic carbocycles. The lowest BCUT2D eigenvalue weighted by Crippen LogP contribution is -2.13. The summed E-state index contributed by atoms with van der Waals surface area (Å²) in [4.78, 5) is 0. The van der Waals surface area contributed by atoms with E-state index in [1.54, 1.807) is 31.4 Å². The Balaban J connectivity index is 2.47. The molecule has 0 heterocycles. The van der Waals surface area contributed by atoms with Crippen LogP contribution in [0.4, 0.5) is 0 Å². The number of methoxy groups -OCH3 is 1. The first kappa shape index (κ1) is 10.6. The average molecular weight is 194 g/mol. The van der Waals surface area contributed by atoms with Crippen LogP contribution in [0.5, 0.6) is 11.5 Å². The highest BCUT2D eigenvalue weighted by Crippen LogP contribution is 2.16. The van der Waals surface area contributed by atoms with Crippen LogP contribution >= 0.6 is 0 Å². The van der Waals surface area contributed by atoms with E-state index >= 15 is 0 Å². The fourth-order valence-electron chi connectivity index (χ4n) is 0.922. The molecule has 0 bridgehead atoms. The topological polar surface area (TPSA) is 38.7 Å². The Kier molecular flexibility index (Phi) is 4.01. The van der Waals surface area contributed by atoms with E-state index in [2.05, 4.69) is 6.58 Å². The molecule has 14 heavy (non-hydrogen) atoms. The molecule has 3 heteroatoms. The SMILES string of the molecule is C=CC(O)COc1ccc(OC)cc1. The summed E-state index contributed by atoms with van der Waals surface area (Å²) in [5.41, 5.74) is 0. The molecule has 0 aliphatic rings. The van der Waals surface area contributed by atoms with Crippen molar-refractivity contribution in [1.82, 2.24) is 0 Å². The molecule has 1 unspecified atom stereocenters. The smallest absolute Gasteiger partial charge is 0.119 e. The van der Waals surface area contributed by atoms with Crippen LogP contribution in [-0.4, -0.2) is 24.9 Å². The highest BCUT2D eigenvalue weighted by molar-refractivity contribution is 5.31. The molecule has 76 valence electrons. The van der Waals surface area contributed by atoms with Gasteiger partial charge in [-0.15, -0.1) is 6.58 Å². The van der Waals surface area contributed by atoms with Gasteiger partial charge < -0.3 is 14.6 Å². The van der Waals surface area contributed by atoms with Gasteiger partial charge in [-0.1, -0.05) is 6.08 Å². The Morgan fingerprint density at radius 1 is 1.36 bits per heavy atom. The van der Waals surface area contributed by atoms with Crippen LogP contribution in [-0.2, 0) is 0 Å². The third-order valence-corrected chi connectivity index (χ3v) is 1.75. The summed E-state index contributed by atoms with van der Waals surface area (Å²) in [6.45, 7) is 3.67. The van der Waals surface area contributed by atoms with Crippen molar-refractivity contribution in [2.24, 2.45) is 0 Å². The Morgan fingerprint density at radius 3 is 2.43 bits per heavy atom. The minimum Gasteiger partial charge on any atom is -0.497 e. The number of aliphatic hydroxyl groups is 1. The van der Waals surface area contributed by atoms with Crippen molar-refractivity contribution in [2.45, 2.75) is 6.10 Å². The molecular formula is C11H14O3. The first-order chi connectivity index (χ1) is 6.76. The van der Waals surface area contributed by atoms with E-state index in [1.165, 1.54) is 6.08 Å². The van der Waals surface area contributed by atoms with Crippen LogP contribution < -0.4 is 9.47 Å². The minimum absolute atomic E-state index is 0.218. The second-order valence-corrected chi connectivity index (χ2v) is 2.79. The predicted octanol–water partition coefficient (Wildman–Crippen LogP) is 1.62. The maximum Gasteiger partial charge on any atom is 0.119 e. The van der Waals surface area contributed by atoms with Gasteiger partial charge >= 0.3 is 0 Å². The lowest BCUT2D eigenvalue weighted by molar-refractivity contribution is 0.145. The number of hydrogen-bond donors (Lipinski definition) is 1. The first-order valence-corrected chi connectivity index (χ1v) is 4.33. The van der Waals surface area contributed by atoms with E-state index in [0.717, 1.165) is 5.75 Å². The van der Waals surface area contributed by atoms with E-state index in [-0.39, 0.29) is 6.61 Å². The van der Waals surface area contributed by atoms with Crippen molar-refractivity contribution in [2.75, 3.05) is 13.7 Å². The molecule has 0 aliphatic carbocycles. The Bertz CT molecular complexity index is 279. The lowest BCUT2D eigenvalue weighted by Gasteiger charge is -2.08. The number of hydrogen-bond acceptors (Lipinski definition) is 3. The molecule has 0 saturated carbocycles. The maximum absolute atomic E-state index is 9.15. The average Bonchev–Trinajstić information content (AvgIpc) is 2.26. The van der Waals surface area contributed by atoms with Crippen molar-refractivity contribution in [3.05, 3.63) is 36.9 Å². The standard InChI is InChI=1S/C11H14O3/c1-3-9(12)8-14-11-6-4-10(13-2)5-7-11/h3-7,9,12H,1,8H2,2H3. The number of ether oxygens (including phenoxy) is 2. The van der Waals surface area contributed by atoms with Gasteiger partial charge in [0.05, 0.1) is 7.11 Å². The normalized spacial score (nSPS) is 11.9. The fourth-order valence-corrected chi connectivity index (χ4v) is 0.922. The Labute approximate surface area is 83.6 Å². The monoisotopic (exact) mass is 194 g/mol. The third kappa shape index (κ3) is 3.11. The summed E-state index contributed by atoms with van der Waals surface area (Å²) < 4.78 is 10.3. The molecule has 0 aliphatic heterocycles. The number of benzene rings is 1. The van der Waals surface area contributed by atoms with E-state index in [9.17, 15) is 0 Å². The summed E-state index contributed by atoms with van der Waals surface area (Å²) >= 11 is 0. The van der Waals surface area contributed by atoms with E-state index in [4.69, 9.17) is 14.6 Å². The molecule has 1 rings (SSSR count). The molecule has 0 fully saturated rings. The molecule has 0 spiro atoms. The Morgan fingerprint density at radius 2 is 1.93 bits per heavy atom. The largest absolute Gasteiger partial charge is 0.497 e. The van der Waals surface area contributed by atoms with Crippen LogP contribution in [0.25, 0.3) is 0 Å². The highest BCUT2D eigenvalue weighted by Gasteiger charge is 1.99. The third-order valence-electron chi connectivity index (χ3n) is 1.75. The highest BCUT2D eigenvalue weighted by atomic mass is 16.5. The van der Waals surface area contributed by atoms with E-state index < -0.39 is 6.10 Å². The molecule has 0 radical (unpaired) electrons. The first-order valence-electron chi connectivity index (χ1n) is 4.33. The van der Waals surface area contributed by atoms with Gasteiger partial charge in [0.1, 0.15) is 24.2 Å². The van der Waals surface area contributed by atoms with Gasteiger partial charge in [0.15, 0.2) is 0 Å². The maximum atomic E-state index is 9.15. The zero-order valence-corrected chi connectivity index (χ0v) is 8.14.